The van der Waals surface area contributed by atoms with Gasteiger partial charge in [0.2, 0.25) is 5.91 Å². The number of rotatable bonds is 5. The maximum absolute atomic E-state index is 13.3. The number of nitrogens with zero attached hydrogens (tertiary/aromatic N) is 2. The predicted molar refractivity (Wildman–Crippen MR) is 118 cm³/mol. The van der Waals surface area contributed by atoms with E-state index in [0.717, 1.165) is 0 Å². The van der Waals surface area contributed by atoms with Crippen LogP contribution in [-0.2, 0) is 9.53 Å². The van der Waals surface area contributed by atoms with Crippen LogP contribution in [0.1, 0.15) is 23.2 Å². The number of amides is 2. The summed E-state index contributed by atoms with van der Waals surface area (Å²) in [5.41, 5.74) is 0.449. The molecule has 0 unspecified atom stereocenters. The monoisotopic (exact) mass is 460 g/mol. The average molecular weight is 461 g/mol. The van der Waals surface area contributed by atoms with Crippen molar-refractivity contribution in [1.82, 2.24) is 9.80 Å². The van der Waals surface area contributed by atoms with Gasteiger partial charge in [0, 0.05) is 44.9 Å². The fourth-order valence-corrected chi connectivity index (χ4v) is 4.42. The first-order valence-corrected chi connectivity index (χ1v) is 11.2. The normalized spacial score (nSPS) is 21.3. The molecule has 2 saturated heterocycles. The van der Waals surface area contributed by atoms with Crippen molar-refractivity contribution in [3.63, 3.8) is 0 Å². The molecule has 0 aromatic heterocycles. The number of likely N-dealkylation sites (tertiary alicyclic amines) is 1. The molecule has 0 bridgehead atoms. The van der Waals surface area contributed by atoms with E-state index in [1.165, 1.54) is 12.1 Å². The Kier molecular flexibility index (Phi) is 7.27. The van der Waals surface area contributed by atoms with Crippen molar-refractivity contribution in [1.29, 1.82) is 0 Å². The number of halogens is 2. The van der Waals surface area contributed by atoms with E-state index in [1.54, 1.807) is 46.2 Å². The minimum atomic E-state index is -0.337. The lowest BCUT2D eigenvalue weighted by Gasteiger charge is -2.39. The molecule has 0 aliphatic carbocycles. The summed E-state index contributed by atoms with van der Waals surface area (Å²) in [5, 5.41) is 0.406. The average Bonchev–Trinajstić information content (AvgIpc) is 2.82. The maximum atomic E-state index is 13.3. The zero-order valence-electron chi connectivity index (χ0n) is 17.7. The molecule has 2 heterocycles. The van der Waals surface area contributed by atoms with Crippen molar-refractivity contribution in [3.05, 3.63) is 64.9 Å². The third-order valence-electron chi connectivity index (χ3n) is 5.96. The molecule has 8 heteroatoms. The number of piperidine rings is 1. The van der Waals surface area contributed by atoms with Gasteiger partial charge in [-0.3, -0.25) is 9.59 Å². The second kappa shape index (κ2) is 10.3. The largest absolute Gasteiger partial charge is 0.490 e. The Morgan fingerprint density at radius 1 is 1.03 bits per heavy atom. The summed E-state index contributed by atoms with van der Waals surface area (Å²) in [6, 6.07) is 12.8. The van der Waals surface area contributed by atoms with Crippen molar-refractivity contribution in [2.45, 2.75) is 18.9 Å². The first kappa shape index (κ1) is 22.6. The van der Waals surface area contributed by atoms with Gasteiger partial charge in [0.25, 0.3) is 5.91 Å². The van der Waals surface area contributed by atoms with Gasteiger partial charge in [0.15, 0.2) is 0 Å². The van der Waals surface area contributed by atoms with E-state index in [-0.39, 0.29) is 36.1 Å². The Labute approximate surface area is 191 Å². The van der Waals surface area contributed by atoms with Crippen molar-refractivity contribution < 1.29 is 23.5 Å². The Hall–Kier alpha value is -2.64. The van der Waals surface area contributed by atoms with E-state index in [9.17, 15) is 14.0 Å². The molecular formula is C24H26ClFN2O4. The summed E-state index contributed by atoms with van der Waals surface area (Å²) in [4.78, 5) is 29.6. The van der Waals surface area contributed by atoms with Crippen molar-refractivity contribution in [2.24, 2.45) is 5.92 Å². The molecule has 2 aliphatic rings. The molecule has 2 fully saturated rings. The standard InChI is InChI=1S/C24H26ClFN2O4/c25-21-4-2-1-3-20(21)24(30)28-10-9-22(32-19-7-5-18(26)6-8-19)17(16-28)15-23(29)27-11-13-31-14-12-27/h1-8,17,22H,9-16H2/t17-,22-/m0/s1. The Morgan fingerprint density at radius 2 is 1.75 bits per heavy atom. The molecular weight excluding hydrogens is 435 g/mol. The fourth-order valence-electron chi connectivity index (χ4n) is 4.21. The lowest BCUT2D eigenvalue weighted by atomic mass is 9.90. The molecule has 2 amide bonds. The summed E-state index contributed by atoms with van der Waals surface area (Å²) < 4.78 is 24.8. The van der Waals surface area contributed by atoms with Crippen LogP contribution in [0.25, 0.3) is 0 Å². The molecule has 2 aromatic rings. The number of benzene rings is 2. The van der Waals surface area contributed by atoms with Gasteiger partial charge in [-0.2, -0.15) is 0 Å². The first-order valence-electron chi connectivity index (χ1n) is 10.8. The van der Waals surface area contributed by atoms with Crippen LogP contribution in [0.5, 0.6) is 5.75 Å². The third-order valence-corrected chi connectivity index (χ3v) is 6.29. The molecule has 0 spiro atoms. The van der Waals surface area contributed by atoms with Crippen LogP contribution in [0.4, 0.5) is 4.39 Å². The van der Waals surface area contributed by atoms with E-state index in [0.29, 0.717) is 62.1 Å². The minimum absolute atomic E-state index is 0.0260. The van der Waals surface area contributed by atoms with Crippen LogP contribution in [-0.4, -0.2) is 67.1 Å². The quantitative estimate of drug-likeness (QED) is 0.683. The smallest absolute Gasteiger partial charge is 0.255 e. The third kappa shape index (κ3) is 5.40. The number of ether oxygens (including phenoxy) is 2. The predicted octanol–water partition coefficient (Wildman–Crippen LogP) is 3.64. The van der Waals surface area contributed by atoms with Crippen molar-refractivity contribution >= 4 is 23.4 Å². The SMILES string of the molecule is O=C(C[C@H]1CN(C(=O)c2ccccc2Cl)CC[C@@H]1Oc1ccc(F)cc1)N1CCOCC1. The number of morpholine rings is 1. The van der Waals surface area contributed by atoms with E-state index in [2.05, 4.69) is 0 Å². The van der Waals surface area contributed by atoms with Gasteiger partial charge in [-0.1, -0.05) is 23.7 Å². The number of carbonyl (C=O) groups is 2. The maximum Gasteiger partial charge on any atom is 0.255 e. The second-order valence-corrected chi connectivity index (χ2v) is 8.49. The molecule has 170 valence electrons. The summed E-state index contributed by atoms with van der Waals surface area (Å²) in [5.74, 6) is -0.115. The highest BCUT2D eigenvalue weighted by Gasteiger charge is 2.36. The van der Waals surface area contributed by atoms with E-state index in [4.69, 9.17) is 21.1 Å². The van der Waals surface area contributed by atoms with Crippen molar-refractivity contribution in [2.75, 3.05) is 39.4 Å². The van der Waals surface area contributed by atoms with Crippen LogP contribution in [0.3, 0.4) is 0 Å². The zero-order chi connectivity index (χ0) is 22.5. The van der Waals surface area contributed by atoms with Gasteiger partial charge >= 0.3 is 0 Å². The molecule has 32 heavy (non-hydrogen) atoms. The Balaban J connectivity index is 1.50. The number of carbonyl (C=O) groups excluding carboxylic acids is 2. The molecule has 6 nitrogen and oxygen atoms in total. The summed E-state index contributed by atoms with van der Waals surface area (Å²) in [6.07, 6.45) is 0.563. The molecule has 2 aromatic carbocycles. The number of hydrogen-bond acceptors (Lipinski definition) is 4. The van der Waals surface area contributed by atoms with E-state index >= 15 is 0 Å². The highest BCUT2D eigenvalue weighted by atomic mass is 35.5. The molecule has 2 aliphatic heterocycles. The van der Waals surface area contributed by atoms with Gasteiger partial charge < -0.3 is 19.3 Å². The summed E-state index contributed by atoms with van der Waals surface area (Å²) >= 11 is 6.23. The van der Waals surface area contributed by atoms with Crippen LogP contribution < -0.4 is 4.74 Å². The molecule has 2 atom stereocenters. The van der Waals surface area contributed by atoms with Crippen LogP contribution >= 0.6 is 11.6 Å². The van der Waals surface area contributed by atoms with Gasteiger partial charge in [-0.15, -0.1) is 0 Å². The van der Waals surface area contributed by atoms with Crippen LogP contribution in [0.15, 0.2) is 48.5 Å². The van der Waals surface area contributed by atoms with Gasteiger partial charge in [0.1, 0.15) is 17.7 Å². The lowest BCUT2D eigenvalue weighted by molar-refractivity contribution is -0.137. The number of hydrogen-bond donors (Lipinski definition) is 0. The fraction of sp³-hybridized carbons (Fsp3) is 0.417. The Bertz CT molecular complexity index is 949. The van der Waals surface area contributed by atoms with E-state index in [1.807, 2.05) is 0 Å². The van der Waals surface area contributed by atoms with Gasteiger partial charge in [-0.25, -0.2) is 4.39 Å². The molecule has 4 rings (SSSR count). The van der Waals surface area contributed by atoms with Gasteiger partial charge in [-0.05, 0) is 36.4 Å². The van der Waals surface area contributed by atoms with Gasteiger partial charge in [0.05, 0.1) is 23.8 Å². The topological polar surface area (TPSA) is 59.1 Å². The highest BCUT2D eigenvalue weighted by Crippen LogP contribution is 2.28. The van der Waals surface area contributed by atoms with E-state index < -0.39 is 0 Å². The summed E-state index contributed by atoms with van der Waals surface area (Å²) in [7, 11) is 0. The highest BCUT2D eigenvalue weighted by molar-refractivity contribution is 6.33. The molecule has 0 radical (unpaired) electrons. The van der Waals surface area contributed by atoms with Crippen LogP contribution in [0, 0.1) is 11.7 Å². The van der Waals surface area contributed by atoms with Crippen molar-refractivity contribution in [3.8, 4) is 5.75 Å². The lowest BCUT2D eigenvalue weighted by Crippen LogP contribution is -2.50. The Morgan fingerprint density at radius 3 is 2.47 bits per heavy atom. The molecule has 0 N–H and O–H groups in total. The minimum Gasteiger partial charge on any atom is -0.490 e. The summed E-state index contributed by atoms with van der Waals surface area (Å²) in [6.45, 7) is 3.06. The van der Waals surface area contributed by atoms with Crippen LogP contribution in [0.2, 0.25) is 5.02 Å². The molecule has 0 saturated carbocycles. The first-order chi connectivity index (χ1) is 15.5. The zero-order valence-corrected chi connectivity index (χ0v) is 18.5. The second-order valence-electron chi connectivity index (χ2n) is 8.09.